The first-order valence-electron chi connectivity index (χ1n) is 12.0. The molecule has 1 unspecified atom stereocenters. The molecule has 0 amide bonds. The molecular formula is C24H34N6O2S. The molecule has 1 N–H and O–H groups in total. The van der Waals surface area contributed by atoms with E-state index in [1.165, 1.54) is 6.42 Å². The first-order chi connectivity index (χ1) is 16.0. The zero-order valence-electron chi connectivity index (χ0n) is 19.3. The van der Waals surface area contributed by atoms with Gasteiger partial charge < -0.3 is 4.90 Å². The second-order valence-electron chi connectivity index (χ2n) is 9.69. The Morgan fingerprint density at radius 1 is 1.03 bits per heavy atom. The minimum atomic E-state index is -3.46. The molecule has 1 aromatic carbocycles. The average molecular weight is 471 g/mol. The van der Waals surface area contributed by atoms with Crippen LogP contribution >= 0.6 is 0 Å². The Morgan fingerprint density at radius 3 is 2.42 bits per heavy atom. The summed E-state index contributed by atoms with van der Waals surface area (Å²) in [4.78, 5) is 16.5. The van der Waals surface area contributed by atoms with Crippen molar-refractivity contribution >= 4 is 16.0 Å². The molecule has 0 aliphatic carbocycles. The summed E-state index contributed by atoms with van der Waals surface area (Å²) in [5, 5.41) is 0. The van der Waals surface area contributed by atoms with Crippen molar-refractivity contribution in [1.82, 2.24) is 24.5 Å². The van der Waals surface area contributed by atoms with Crippen LogP contribution in [0, 0.1) is 18.8 Å². The van der Waals surface area contributed by atoms with E-state index in [0.29, 0.717) is 29.3 Å². The Morgan fingerprint density at radius 2 is 1.76 bits per heavy atom. The molecule has 0 saturated carbocycles. The standard InChI is InChI=1S/C24H34N6O2S/c1-19-3-5-23(6-4-19)33(31,32)27-16-22-15-20-7-10-30(22)18-21(20)17-28-11-13-29(14-12-28)24-25-8-2-9-26-24/h2-6,8-9,20-22,27H,7,10-18H2,1H3/t20-,21-,22+/m0/s1. The summed E-state index contributed by atoms with van der Waals surface area (Å²) >= 11 is 0. The highest BCUT2D eigenvalue weighted by atomic mass is 32.2. The Bertz CT molecular complexity index is 1020. The van der Waals surface area contributed by atoms with Gasteiger partial charge in [0.25, 0.3) is 0 Å². The van der Waals surface area contributed by atoms with Crippen LogP contribution in [0.2, 0.25) is 0 Å². The maximum absolute atomic E-state index is 12.7. The molecule has 6 rings (SSSR count). The van der Waals surface area contributed by atoms with E-state index in [9.17, 15) is 8.42 Å². The average Bonchev–Trinajstić information content (AvgIpc) is 2.85. The van der Waals surface area contributed by atoms with E-state index in [2.05, 4.69) is 29.4 Å². The van der Waals surface area contributed by atoms with Gasteiger partial charge in [-0.2, -0.15) is 0 Å². The fourth-order valence-corrected chi connectivity index (χ4v) is 6.66. The second kappa shape index (κ2) is 9.66. The van der Waals surface area contributed by atoms with Gasteiger partial charge in [-0.05, 0) is 56.3 Å². The molecule has 5 heterocycles. The summed E-state index contributed by atoms with van der Waals surface area (Å²) in [6.07, 6.45) is 5.92. The number of aromatic nitrogens is 2. The van der Waals surface area contributed by atoms with E-state index in [4.69, 9.17) is 0 Å². The SMILES string of the molecule is Cc1ccc(S(=O)(=O)NC[C@H]2C[C@@H]3CCN2C[C@@H]3CN2CCN(c3ncccn3)CC2)cc1. The molecule has 178 valence electrons. The van der Waals surface area contributed by atoms with Crippen molar-refractivity contribution in [1.29, 1.82) is 0 Å². The molecule has 4 fully saturated rings. The molecule has 0 spiro atoms. The van der Waals surface area contributed by atoms with Crippen LogP contribution in [-0.4, -0.2) is 86.6 Å². The number of benzene rings is 1. The number of aryl methyl sites for hydroxylation is 1. The number of anilines is 1. The topological polar surface area (TPSA) is 81.7 Å². The van der Waals surface area contributed by atoms with Gasteiger partial charge in [0.1, 0.15) is 0 Å². The zero-order chi connectivity index (χ0) is 22.8. The zero-order valence-corrected chi connectivity index (χ0v) is 20.1. The van der Waals surface area contributed by atoms with Gasteiger partial charge in [-0.1, -0.05) is 17.7 Å². The lowest BCUT2D eigenvalue weighted by Gasteiger charge is -2.51. The third-order valence-corrected chi connectivity index (χ3v) is 8.99. The van der Waals surface area contributed by atoms with Crippen LogP contribution in [0.4, 0.5) is 5.95 Å². The maximum Gasteiger partial charge on any atom is 0.240 e. The van der Waals surface area contributed by atoms with Crippen LogP contribution in [0.1, 0.15) is 18.4 Å². The fourth-order valence-electron chi connectivity index (χ4n) is 5.59. The van der Waals surface area contributed by atoms with Crippen LogP contribution < -0.4 is 9.62 Å². The number of rotatable bonds is 7. The van der Waals surface area contributed by atoms with Gasteiger partial charge in [-0.3, -0.25) is 9.80 Å². The highest BCUT2D eigenvalue weighted by Gasteiger charge is 2.41. The molecule has 9 heteroatoms. The van der Waals surface area contributed by atoms with Gasteiger partial charge in [-0.25, -0.2) is 23.1 Å². The van der Waals surface area contributed by atoms with Crippen molar-refractivity contribution in [3.05, 3.63) is 48.3 Å². The first kappa shape index (κ1) is 22.7. The second-order valence-corrected chi connectivity index (χ2v) is 11.5. The molecular weight excluding hydrogens is 436 g/mol. The number of nitrogens with zero attached hydrogens (tertiary/aromatic N) is 5. The number of hydrogen-bond donors (Lipinski definition) is 1. The molecule has 4 saturated heterocycles. The lowest BCUT2D eigenvalue weighted by molar-refractivity contribution is -0.0108. The Balaban J connectivity index is 1.11. The van der Waals surface area contributed by atoms with Crippen LogP contribution in [0.25, 0.3) is 0 Å². The molecule has 2 aromatic rings. The third kappa shape index (κ3) is 5.21. The number of piperazine rings is 1. The van der Waals surface area contributed by atoms with E-state index < -0.39 is 10.0 Å². The van der Waals surface area contributed by atoms with Crippen LogP contribution in [0.15, 0.2) is 47.6 Å². The number of nitrogens with one attached hydrogen (secondary N) is 1. The number of sulfonamides is 1. The largest absolute Gasteiger partial charge is 0.338 e. The van der Waals surface area contributed by atoms with Gasteiger partial charge in [0.2, 0.25) is 16.0 Å². The van der Waals surface area contributed by atoms with Crippen molar-refractivity contribution in [2.45, 2.75) is 30.7 Å². The number of fused-ring (bicyclic) bond motifs is 3. The summed E-state index contributed by atoms with van der Waals surface area (Å²) in [5.74, 6) is 2.18. The van der Waals surface area contributed by atoms with Gasteiger partial charge >= 0.3 is 0 Å². The lowest BCUT2D eigenvalue weighted by Crippen LogP contribution is -2.59. The smallest absolute Gasteiger partial charge is 0.240 e. The quantitative estimate of drug-likeness (QED) is 0.658. The molecule has 1 aromatic heterocycles. The molecule has 33 heavy (non-hydrogen) atoms. The third-order valence-electron chi connectivity index (χ3n) is 7.55. The van der Waals surface area contributed by atoms with E-state index in [0.717, 1.165) is 63.7 Å². The van der Waals surface area contributed by atoms with Gasteiger partial charge in [-0.15, -0.1) is 0 Å². The van der Waals surface area contributed by atoms with Gasteiger partial charge in [0.15, 0.2) is 0 Å². The molecule has 4 atom stereocenters. The van der Waals surface area contributed by atoms with Crippen molar-refractivity contribution in [3.63, 3.8) is 0 Å². The van der Waals surface area contributed by atoms with Gasteiger partial charge in [0, 0.05) is 64.2 Å². The van der Waals surface area contributed by atoms with Crippen molar-refractivity contribution < 1.29 is 8.42 Å². The maximum atomic E-state index is 12.7. The predicted molar refractivity (Wildman–Crippen MR) is 129 cm³/mol. The summed E-state index contributed by atoms with van der Waals surface area (Å²) in [5.41, 5.74) is 1.06. The van der Waals surface area contributed by atoms with Crippen LogP contribution in [0.3, 0.4) is 0 Å². The van der Waals surface area contributed by atoms with Crippen LogP contribution in [-0.2, 0) is 10.0 Å². The monoisotopic (exact) mass is 470 g/mol. The molecule has 2 bridgehead atoms. The normalized spacial score (nSPS) is 28.2. The Labute approximate surface area is 197 Å². The summed E-state index contributed by atoms with van der Waals surface area (Å²) in [6, 6.07) is 9.21. The summed E-state index contributed by atoms with van der Waals surface area (Å²) in [6.45, 7) is 9.76. The number of hydrogen-bond acceptors (Lipinski definition) is 7. The molecule has 4 aliphatic heterocycles. The minimum Gasteiger partial charge on any atom is -0.338 e. The van der Waals surface area contributed by atoms with Crippen molar-refractivity contribution in [2.75, 3.05) is 57.3 Å². The van der Waals surface area contributed by atoms with Crippen molar-refractivity contribution in [3.8, 4) is 0 Å². The van der Waals surface area contributed by atoms with Crippen molar-refractivity contribution in [2.24, 2.45) is 11.8 Å². The summed E-state index contributed by atoms with van der Waals surface area (Å²) in [7, 11) is -3.46. The fraction of sp³-hybridized carbons (Fsp3) is 0.583. The minimum absolute atomic E-state index is 0.298. The van der Waals surface area contributed by atoms with Gasteiger partial charge in [0.05, 0.1) is 4.90 Å². The lowest BCUT2D eigenvalue weighted by atomic mass is 9.75. The number of piperidine rings is 3. The Hall–Kier alpha value is -2.07. The van der Waals surface area contributed by atoms with E-state index in [1.807, 2.05) is 25.1 Å². The van der Waals surface area contributed by atoms with E-state index in [-0.39, 0.29) is 0 Å². The highest BCUT2D eigenvalue weighted by molar-refractivity contribution is 7.89. The van der Waals surface area contributed by atoms with Crippen LogP contribution in [0.5, 0.6) is 0 Å². The molecule has 0 radical (unpaired) electrons. The molecule has 8 nitrogen and oxygen atoms in total. The predicted octanol–water partition coefficient (Wildman–Crippen LogP) is 1.60. The Kier molecular flexibility index (Phi) is 6.65. The summed E-state index contributed by atoms with van der Waals surface area (Å²) < 4.78 is 28.3. The first-order valence-corrected chi connectivity index (χ1v) is 13.5. The van der Waals surface area contributed by atoms with E-state index >= 15 is 0 Å². The highest BCUT2D eigenvalue weighted by Crippen LogP contribution is 2.36. The molecule has 4 aliphatic rings. The van der Waals surface area contributed by atoms with E-state index in [1.54, 1.807) is 24.5 Å².